The summed E-state index contributed by atoms with van der Waals surface area (Å²) in [7, 11) is 0. The Hall–Kier alpha value is -2.82. The Kier molecular flexibility index (Phi) is 4.49. The van der Waals surface area contributed by atoms with Crippen LogP contribution in [0.5, 0.6) is 0 Å². The van der Waals surface area contributed by atoms with E-state index in [1.54, 1.807) is 29.2 Å². The molecule has 2 aromatic rings. The molecule has 0 aliphatic carbocycles. The first-order valence-electron chi connectivity index (χ1n) is 8.42. The molecule has 2 aromatic carbocycles. The number of anilines is 2. The molecule has 1 fully saturated rings. The predicted octanol–water partition coefficient (Wildman–Crippen LogP) is 3.77. The molecule has 1 saturated heterocycles. The summed E-state index contributed by atoms with van der Waals surface area (Å²) in [6.45, 7) is 7.64. The van der Waals surface area contributed by atoms with Crippen molar-refractivity contribution in [3.05, 3.63) is 59.7 Å². The second-order valence-corrected chi connectivity index (χ2v) is 7.18. The number of para-hydroxylation sites is 1. The number of hydrogen-bond donors (Lipinski definition) is 2. The Morgan fingerprint density at radius 2 is 1.76 bits per heavy atom. The number of carbonyl (C=O) groups is 2. The standard InChI is InChI=1S/C20H23N3O2/c1-20(2,3)16-6-4-5-7-17(16)22-18(24)14-8-10-15(11-9-14)23-13-12-21-19(23)25/h4-11H,12-13H2,1-3H3,(H,21,25)(H,22,24). The third kappa shape index (κ3) is 3.65. The molecule has 0 bridgehead atoms. The number of urea groups is 1. The summed E-state index contributed by atoms with van der Waals surface area (Å²) in [6.07, 6.45) is 0. The highest BCUT2D eigenvalue weighted by atomic mass is 16.2. The van der Waals surface area contributed by atoms with Crippen LogP contribution in [0.1, 0.15) is 36.7 Å². The van der Waals surface area contributed by atoms with Crippen LogP contribution in [0, 0.1) is 0 Å². The Bertz CT molecular complexity index is 791. The highest BCUT2D eigenvalue weighted by Gasteiger charge is 2.22. The van der Waals surface area contributed by atoms with Gasteiger partial charge in [0.2, 0.25) is 0 Å². The molecule has 25 heavy (non-hydrogen) atoms. The van der Waals surface area contributed by atoms with Gasteiger partial charge in [-0.3, -0.25) is 9.69 Å². The number of benzene rings is 2. The monoisotopic (exact) mass is 337 g/mol. The Labute approximate surface area is 148 Å². The van der Waals surface area contributed by atoms with Crippen molar-refractivity contribution in [1.82, 2.24) is 5.32 Å². The Balaban J connectivity index is 1.77. The normalized spacial score (nSPS) is 14.4. The van der Waals surface area contributed by atoms with Gasteiger partial charge in [0.1, 0.15) is 0 Å². The summed E-state index contributed by atoms with van der Waals surface area (Å²) < 4.78 is 0. The lowest BCUT2D eigenvalue weighted by Gasteiger charge is -2.23. The van der Waals surface area contributed by atoms with E-state index in [-0.39, 0.29) is 17.4 Å². The van der Waals surface area contributed by atoms with Gasteiger partial charge in [-0.1, -0.05) is 39.0 Å². The van der Waals surface area contributed by atoms with Crippen molar-refractivity contribution < 1.29 is 9.59 Å². The average Bonchev–Trinajstić information content (AvgIpc) is 3.00. The summed E-state index contributed by atoms with van der Waals surface area (Å²) in [6, 6.07) is 14.8. The lowest BCUT2D eigenvalue weighted by atomic mass is 9.86. The van der Waals surface area contributed by atoms with Gasteiger partial charge < -0.3 is 10.6 Å². The van der Waals surface area contributed by atoms with Gasteiger partial charge in [0.25, 0.3) is 5.91 Å². The van der Waals surface area contributed by atoms with E-state index in [4.69, 9.17) is 0 Å². The van der Waals surface area contributed by atoms with Crippen LogP contribution in [-0.4, -0.2) is 25.0 Å². The van der Waals surface area contributed by atoms with Crippen LogP contribution in [0.3, 0.4) is 0 Å². The van der Waals surface area contributed by atoms with E-state index in [1.807, 2.05) is 24.3 Å². The maximum Gasteiger partial charge on any atom is 0.321 e. The first-order chi connectivity index (χ1) is 11.9. The first kappa shape index (κ1) is 17.0. The zero-order valence-corrected chi connectivity index (χ0v) is 14.8. The van der Waals surface area contributed by atoms with E-state index in [0.717, 1.165) is 16.9 Å². The quantitative estimate of drug-likeness (QED) is 0.896. The van der Waals surface area contributed by atoms with Gasteiger partial charge in [-0.2, -0.15) is 0 Å². The molecule has 0 saturated carbocycles. The predicted molar refractivity (Wildman–Crippen MR) is 100 cm³/mol. The van der Waals surface area contributed by atoms with Gasteiger partial charge in [0, 0.05) is 30.0 Å². The minimum Gasteiger partial charge on any atom is -0.336 e. The molecule has 3 rings (SSSR count). The number of nitrogens with zero attached hydrogens (tertiary/aromatic N) is 1. The maximum absolute atomic E-state index is 12.6. The van der Waals surface area contributed by atoms with Crippen LogP contribution < -0.4 is 15.5 Å². The van der Waals surface area contributed by atoms with Crippen molar-refractivity contribution >= 4 is 23.3 Å². The molecule has 130 valence electrons. The summed E-state index contributed by atoms with van der Waals surface area (Å²) in [5, 5.41) is 5.77. The van der Waals surface area contributed by atoms with Gasteiger partial charge in [-0.05, 0) is 41.3 Å². The Morgan fingerprint density at radius 1 is 1.08 bits per heavy atom. The van der Waals surface area contributed by atoms with Gasteiger partial charge in [0.05, 0.1) is 0 Å². The van der Waals surface area contributed by atoms with Crippen molar-refractivity contribution in [3.8, 4) is 0 Å². The van der Waals surface area contributed by atoms with Crippen molar-refractivity contribution in [2.75, 3.05) is 23.3 Å². The van der Waals surface area contributed by atoms with Crippen LogP contribution in [0.2, 0.25) is 0 Å². The van der Waals surface area contributed by atoms with Crippen LogP contribution in [0.15, 0.2) is 48.5 Å². The second-order valence-electron chi connectivity index (χ2n) is 7.18. The fourth-order valence-corrected chi connectivity index (χ4v) is 2.95. The molecule has 5 nitrogen and oxygen atoms in total. The van der Waals surface area contributed by atoms with E-state index in [2.05, 4.69) is 31.4 Å². The molecule has 0 unspecified atom stereocenters. The fourth-order valence-electron chi connectivity index (χ4n) is 2.95. The van der Waals surface area contributed by atoms with Crippen molar-refractivity contribution in [3.63, 3.8) is 0 Å². The van der Waals surface area contributed by atoms with Crippen molar-refractivity contribution in [2.45, 2.75) is 26.2 Å². The smallest absolute Gasteiger partial charge is 0.321 e. The summed E-state index contributed by atoms with van der Waals surface area (Å²) in [4.78, 5) is 26.0. The lowest BCUT2D eigenvalue weighted by Crippen LogP contribution is -2.27. The molecule has 1 aliphatic rings. The zero-order valence-electron chi connectivity index (χ0n) is 14.8. The Morgan fingerprint density at radius 3 is 2.36 bits per heavy atom. The molecule has 2 N–H and O–H groups in total. The average molecular weight is 337 g/mol. The number of carbonyl (C=O) groups excluding carboxylic acids is 2. The largest absolute Gasteiger partial charge is 0.336 e. The summed E-state index contributed by atoms with van der Waals surface area (Å²) in [5.74, 6) is -0.158. The minimum atomic E-state index is -0.158. The highest BCUT2D eigenvalue weighted by Crippen LogP contribution is 2.29. The lowest BCUT2D eigenvalue weighted by molar-refractivity contribution is 0.102. The van der Waals surface area contributed by atoms with Gasteiger partial charge >= 0.3 is 6.03 Å². The molecular formula is C20H23N3O2. The number of rotatable bonds is 3. The summed E-state index contributed by atoms with van der Waals surface area (Å²) >= 11 is 0. The number of amides is 3. The molecule has 1 heterocycles. The second kappa shape index (κ2) is 6.59. The molecule has 0 radical (unpaired) electrons. The molecule has 5 heteroatoms. The van der Waals surface area contributed by atoms with Gasteiger partial charge in [-0.25, -0.2) is 4.79 Å². The number of hydrogen-bond acceptors (Lipinski definition) is 2. The number of nitrogens with one attached hydrogen (secondary N) is 2. The molecule has 1 aliphatic heterocycles. The third-order valence-corrected chi connectivity index (χ3v) is 4.28. The van der Waals surface area contributed by atoms with Gasteiger partial charge in [0.15, 0.2) is 0 Å². The van der Waals surface area contributed by atoms with E-state index in [9.17, 15) is 9.59 Å². The van der Waals surface area contributed by atoms with Crippen LogP contribution in [0.25, 0.3) is 0 Å². The minimum absolute atomic E-state index is 0.0587. The van der Waals surface area contributed by atoms with E-state index < -0.39 is 0 Å². The van der Waals surface area contributed by atoms with Crippen LogP contribution in [-0.2, 0) is 5.41 Å². The molecule has 0 aromatic heterocycles. The zero-order chi connectivity index (χ0) is 18.0. The highest BCUT2D eigenvalue weighted by molar-refractivity contribution is 6.05. The maximum atomic E-state index is 12.6. The molecule has 0 spiro atoms. The SMILES string of the molecule is CC(C)(C)c1ccccc1NC(=O)c1ccc(N2CCNC2=O)cc1. The van der Waals surface area contributed by atoms with Crippen LogP contribution in [0.4, 0.5) is 16.2 Å². The fraction of sp³-hybridized carbons (Fsp3) is 0.300. The van der Waals surface area contributed by atoms with E-state index >= 15 is 0 Å². The van der Waals surface area contributed by atoms with Crippen molar-refractivity contribution in [2.24, 2.45) is 0 Å². The first-order valence-corrected chi connectivity index (χ1v) is 8.42. The molecule has 0 atom stereocenters. The van der Waals surface area contributed by atoms with Crippen LogP contribution >= 0.6 is 0 Å². The van der Waals surface area contributed by atoms with Crippen molar-refractivity contribution in [1.29, 1.82) is 0 Å². The van der Waals surface area contributed by atoms with E-state index in [0.29, 0.717) is 18.7 Å². The summed E-state index contributed by atoms with van der Waals surface area (Å²) in [5.41, 5.74) is 3.21. The third-order valence-electron chi connectivity index (χ3n) is 4.28. The molecular weight excluding hydrogens is 314 g/mol. The van der Waals surface area contributed by atoms with E-state index in [1.165, 1.54) is 0 Å². The van der Waals surface area contributed by atoms with Gasteiger partial charge in [-0.15, -0.1) is 0 Å². The molecule has 3 amide bonds. The topological polar surface area (TPSA) is 61.4 Å².